The molecule has 0 spiro atoms. The molecule has 2 fully saturated rings. The molecule has 106 valence electrons. The van der Waals surface area contributed by atoms with Crippen LogP contribution in [0.4, 0.5) is 0 Å². The number of rotatable bonds is 4. The van der Waals surface area contributed by atoms with Crippen LogP contribution in [-0.2, 0) is 0 Å². The lowest BCUT2D eigenvalue weighted by Gasteiger charge is -2.33. The van der Waals surface area contributed by atoms with Gasteiger partial charge in [0.2, 0.25) is 0 Å². The molecule has 1 saturated carbocycles. The van der Waals surface area contributed by atoms with Gasteiger partial charge < -0.3 is 10.4 Å². The first-order valence-electron chi connectivity index (χ1n) is 7.48. The second kappa shape index (κ2) is 5.10. The van der Waals surface area contributed by atoms with Crippen LogP contribution in [0.25, 0.3) is 0 Å². The van der Waals surface area contributed by atoms with E-state index in [0.29, 0.717) is 17.5 Å². The Bertz CT molecular complexity index is 290. The summed E-state index contributed by atoms with van der Waals surface area (Å²) in [6.45, 7) is 11.8. The molecular formula is C15H30N2O. The molecule has 2 N–H and O–H groups in total. The van der Waals surface area contributed by atoms with Crippen LogP contribution in [0, 0.1) is 5.41 Å². The Kier molecular flexibility index (Phi) is 4.05. The van der Waals surface area contributed by atoms with Gasteiger partial charge in [-0.1, -0.05) is 27.7 Å². The van der Waals surface area contributed by atoms with Crippen LogP contribution in [-0.4, -0.2) is 47.3 Å². The second-order valence-corrected chi connectivity index (χ2v) is 7.52. The molecule has 18 heavy (non-hydrogen) atoms. The van der Waals surface area contributed by atoms with Crippen molar-refractivity contribution in [3.05, 3.63) is 0 Å². The van der Waals surface area contributed by atoms with Gasteiger partial charge in [-0.25, -0.2) is 0 Å². The highest BCUT2D eigenvalue weighted by molar-refractivity contribution is 5.01. The molecule has 3 heteroatoms. The van der Waals surface area contributed by atoms with Crippen LogP contribution in [0.1, 0.15) is 53.4 Å². The fourth-order valence-electron chi connectivity index (χ4n) is 3.81. The van der Waals surface area contributed by atoms with Crippen LogP contribution in [0.15, 0.2) is 0 Å². The molecule has 0 radical (unpaired) electrons. The topological polar surface area (TPSA) is 35.5 Å². The Morgan fingerprint density at radius 2 is 2.06 bits per heavy atom. The molecule has 1 aliphatic carbocycles. The summed E-state index contributed by atoms with van der Waals surface area (Å²) in [6.07, 6.45) is 4.77. The number of aliphatic hydroxyl groups is 1. The average Bonchev–Trinajstić information content (AvgIpc) is 2.82. The summed E-state index contributed by atoms with van der Waals surface area (Å²) in [5, 5.41) is 13.4. The fourth-order valence-corrected chi connectivity index (χ4v) is 3.81. The third kappa shape index (κ3) is 3.06. The van der Waals surface area contributed by atoms with Gasteiger partial charge in [0.1, 0.15) is 0 Å². The molecule has 0 aromatic rings. The zero-order valence-corrected chi connectivity index (χ0v) is 12.5. The van der Waals surface area contributed by atoms with Gasteiger partial charge in [-0.3, -0.25) is 4.90 Å². The standard InChI is InChI=1S/C15H30N2O/c1-12(2)16-15(11-18)6-5-13(9-15)17-8-7-14(3,4)10-17/h12-13,16,18H,5-11H2,1-4H3. The van der Waals surface area contributed by atoms with Gasteiger partial charge >= 0.3 is 0 Å². The number of nitrogens with one attached hydrogen (secondary N) is 1. The Morgan fingerprint density at radius 1 is 1.33 bits per heavy atom. The van der Waals surface area contributed by atoms with E-state index in [2.05, 4.69) is 37.9 Å². The van der Waals surface area contributed by atoms with E-state index in [1.807, 2.05) is 0 Å². The number of aliphatic hydroxyl groups excluding tert-OH is 1. The van der Waals surface area contributed by atoms with E-state index in [0.717, 1.165) is 12.8 Å². The first-order chi connectivity index (χ1) is 8.36. The molecule has 3 nitrogen and oxygen atoms in total. The Balaban J connectivity index is 1.95. The summed E-state index contributed by atoms with van der Waals surface area (Å²) in [7, 11) is 0. The molecule has 2 aliphatic rings. The molecule has 0 aromatic heterocycles. The van der Waals surface area contributed by atoms with E-state index >= 15 is 0 Å². The average molecular weight is 254 g/mol. The third-order valence-electron chi connectivity index (χ3n) is 4.70. The summed E-state index contributed by atoms with van der Waals surface area (Å²) in [4.78, 5) is 2.65. The zero-order valence-electron chi connectivity index (χ0n) is 12.5. The van der Waals surface area contributed by atoms with Crippen molar-refractivity contribution in [2.24, 2.45) is 5.41 Å². The van der Waals surface area contributed by atoms with Gasteiger partial charge in [0, 0.05) is 24.2 Å². The van der Waals surface area contributed by atoms with Crippen LogP contribution in [0.3, 0.4) is 0 Å². The van der Waals surface area contributed by atoms with Crippen molar-refractivity contribution in [2.75, 3.05) is 19.7 Å². The lowest BCUT2D eigenvalue weighted by molar-refractivity contribution is 0.139. The van der Waals surface area contributed by atoms with Crippen molar-refractivity contribution in [1.82, 2.24) is 10.2 Å². The molecule has 0 amide bonds. The molecule has 2 rings (SSSR count). The Hall–Kier alpha value is -0.120. The number of hydrogen-bond donors (Lipinski definition) is 2. The lowest BCUT2D eigenvalue weighted by Crippen LogP contribution is -2.50. The molecule has 0 aromatic carbocycles. The normalized spacial score (nSPS) is 36.7. The molecule has 1 saturated heterocycles. The van der Waals surface area contributed by atoms with Gasteiger partial charge in [-0.05, 0) is 37.6 Å². The smallest absolute Gasteiger partial charge is 0.0614 e. The molecule has 2 unspecified atom stereocenters. The van der Waals surface area contributed by atoms with Gasteiger partial charge in [-0.2, -0.15) is 0 Å². The minimum atomic E-state index is -0.0223. The highest BCUT2D eigenvalue weighted by atomic mass is 16.3. The summed E-state index contributed by atoms with van der Waals surface area (Å²) >= 11 is 0. The van der Waals surface area contributed by atoms with E-state index in [1.165, 1.54) is 25.9 Å². The van der Waals surface area contributed by atoms with Gasteiger partial charge in [-0.15, -0.1) is 0 Å². The van der Waals surface area contributed by atoms with Gasteiger partial charge in [0.15, 0.2) is 0 Å². The predicted molar refractivity (Wildman–Crippen MR) is 75.7 cm³/mol. The summed E-state index contributed by atoms with van der Waals surface area (Å²) in [5.41, 5.74) is 0.460. The summed E-state index contributed by atoms with van der Waals surface area (Å²) < 4.78 is 0. The van der Waals surface area contributed by atoms with E-state index < -0.39 is 0 Å². The van der Waals surface area contributed by atoms with Crippen molar-refractivity contribution in [1.29, 1.82) is 0 Å². The largest absolute Gasteiger partial charge is 0.394 e. The molecular weight excluding hydrogens is 224 g/mol. The molecule has 2 atom stereocenters. The maximum absolute atomic E-state index is 9.75. The van der Waals surface area contributed by atoms with E-state index in [-0.39, 0.29) is 12.1 Å². The highest BCUT2D eigenvalue weighted by Gasteiger charge is 2.43. The third-order valence-corrected chi connectivity index (χ3v) is 4.70. The SMILES string of the molecule is CC(C)NC1(CO)CCC(N2CCC(C)(C)C2)C1. The minimum Gasteiger partial charge on any atom is -0.394 e. The molecule has 1 aliphatic heterocycles. The van der Waals surface area contributed by atoms with E-state index in [4.69, 9.17) is 0 Å². The first-order valence-corrected chi connectivity index (χ1v) is 7.48. The summed E-state index contributed by atoms with van der Waals surface area (Å²) in [6, 6.07) is 1.12. The number of hydrogen-bond acceptors (Lipinski definition) is 3. The zero-order chi connectivity index (χ0) is 13.4. The fraction of sp³-hybridized carbons (Fsp3) is 1.00. The van der Waals surface area contributed by atoms with Gasteiger partial charge in [0.25, 0.3) is 0 Å². The van der Waals surface area contributed by atoms with Crippen molar-refractivity contribution >= 4 is 0 Å². The van der Waals surface area contributed by atoms with Crippen LogP contribution in [0.2, 0.25) is 0 Å². The predicted octanol–water partition coefficient (Wildman–Crippen LogP) is 2.00. The quantitative estimate of drug-likeness (QED) is 0.805. The van der Waals surface area contributed by atoms with E-state index in [1.54, 1.807) is 0 Å². The summed E-state index contributed by atoms with van der Waals surface area (Å²) in [5.74, 6) is 0. The maximum Gasteiger partial charge on any atom is 0.0614 e. The van der Waals surface area contributed by atoms with Crippen LogP contribution >= 0.6 is 0 Å². The monoisotopic (exact) mass is 254 g/mol. The van der Waals surface area contributed by atoms with Crippen molar-refractivity contribution < 1.29 is 5.11 Å². The van der Waals surface area contributed by atoms with Crippen molar-refractivity contribution in [3.63, 3.8) is 0 Å². The highest BCUT2D eigenvalue weighted by Crippen LogP contribution is 2.38. The van der Waals surface area contributed by atoms with Crippen LogP contribution in [0.5, 0.6) is 0 Å². The first kappa shape index (κ1) is 14.3. The lowest BCUT2D eigenvalue weighted by atomic mass is 9.93. The van der Waals surface area contributed by atoms with Crippen molar-refractivity contribution in [3.8, 4) is 0 Å². The minimum absolute atomic E-state index is 0.0223. The number of nitrogens with zero attached hydrogens (tertiary/aromatic N) is 1. The van der Waals surface area contributed by atoms with Gasteiger partial charge in [0.05, 0.1) is 6.61 Å². The molecule has 0 bridgehead atoms. The number of likely N-dealkylation sites (tertiary alicyclic amines) is 1. The van der Waals surface area contributed by atoms with Crippen molar-refractivity contribution in [2.45, 2.75) is 71.0 Å². The van der Waals surface area contributed by atoms with E-state index in [9.17, 15) is 5.11 Å². The Labute approximate surface area is 112 Å². The molecule has 1 heterocycles. The Morgan fingerprint density at radius 3 is 2.56 bits per heavy atom. The maximum atomic E-state index is 9.75. The van der Waals surface area contributed by atoms with Crippen LogP contribution < -0.4 is 5.32 Å². The second-order valence-electron chi connectivity index (χ2n) is 7.52.